The highest BCUT2D eigenvalue weighted by Crippen LogP contribution is 1.61. The standard InChI is InChI=1S/C3H8N2O/c4-2-1-3-5-6/h3,6H,1-2,4H2/b5-3-. The van der Waals surface area contributed by atoms with Crippen molar-refractivity contribution in [2.24, 2.45) is 10.9 Å². The lowest BCUT2D eigenvalue weighted by Crippen LogP contribution is -1.97. The van der Waals surface area contributed by atoms with Crippen LogP contribution in [0, 0.1) is 0 Å². The summed E-state index contributed by atoms with van der Waals surface area (Å²) < 4.78 is 0. The summed E-state index contributed by atoms with van der Waals surface area (Å²) in [5.74, 6) is 0. The molecular weight excluding hydrogens is 80.0 g/mol. The molecule has 0 rings (SSSR count). The van der Waals surface area contributed by atoms with Crippen molar-refractivity contribution in [1.29, 1.82) is 0 Å². The van der Waals surface area contributed by atoms with Gasteiger partial charge in [-0.25, -0.2) is 0 Å². The van der Waals surface area contributed by atoms with Crippen molar-refractivity contribution in [2.45, 2.75) is 6.42 Å². The van der Waals surface area contributed by atoms with Gasteiger partial charge in [0.05, 0.1) is 0 Å². The molecule has 3 nitrogen and oxygen atoms in total. The van der Waals surface area contributed by atoms with Crippen LogP contribution >= 0.6 is 0 Å². The Kier molecular flexibility index (Phi) is 4.01. The molecule has 6 heavy (non-hydrogen) atoms. The third kappa shape index (κ3) is 3.43. The van der Waals surface area contributed by atoms with Crippen molar-refractivity contribution in [3.05, 3.63) is 0 Å². The minimum Gasteiger partial charge on any atom is -0.411 e. The van der Waals surface area contributed by atoms with E-state index >= 15 is 0 Å². The minimum atomic E-state index is 0.546. The van der Waals surface area contributed by atoms with Crippen molar-refractivity contribution in [2.75, 3.05) is 6.54 Å². The van der Waals surface area contributed by atoms with Gasteiger partial charge in [0.25, 0.3) is 0 Å². The van der Waals surface area contributed by atoms with Crippen molar-refractivity contribution >= 4 is 6.21 Å². The average molecular weight is 88.1 g/mol. The summed E-state index contributed by atoms with van der Waals surface area (Å²) in [6.45, 7) is 0.546. The molecule has 0 saturated carbocycles. The summed E-state index contributed by atoms with van der Waals surface area (Å²) in [6.07, 6.45) is 2.01. The van der Waals surface area contributed by atoms with Gasteiger partial charge in [-0.15, -0.1) is 5.16 Å². The Bertz CT molecular complexity index is 44.1. The molecule has 0 unspecified atom stereocenters. The SMILES string of the molecule is NCC/C=N\O. The average Bonchev–Trinajstić information content (AvgIpc) is 1.61. The zero-order valence-corrected chi connectivity index (χ0v) is 3.46. The smallest absolute Gasteiger partial charge is 0.0448 e. The summed E-state index contributed by atoms with van der Waals surface area (Å²) in [5, 5.41) is 10.4. The third-order valence-corrected chi connectivity index (χ3v) is 0.377. The van der Waals surface area contributed by atoms with E-state index in [2.05, 4.69) is 5.16 Å². The predicted molar refractivity (Wildman–Crippen MR) is 23.9 cm³/mol. The summed E-state index contributed by atoms with van der Waals surface area (Å²) >= 11 is 0. The molecular formula is C3H8N2O. The van der Waals surface area contributed by atoms with E-state index in [-0.39, 0.29) is 0 Å². The molecule has 0 heterocycles. The lowest BCUT2D eigenvalue weighted by atomic mass is 10.5. The summed E-state index contributed by atoms with van der Waals surface area (Å²) in [5.41, 5.74) is 5.01. The molecule has 0 fully saturated rings. The highest BCUT2D eigenvalue weighted by molar-refractivity contribution is 5.56. The van der Waals surface area contributed by atoms with Gasteiger partial charge < -0.3 is 10.9 Å². The molecule has 0 spiro atoms. The first-order valence-electron chi connectivity index (χ1n) is 1.77. The van der Waals surface area contributed by atoms with Crippen molar-refractivity contribution in [3.8, 4) is 0 Å². The lowest BCUT2D eigenvalue weighted by molar-refractivity contribution is 0.320. The Morgan fingerprint density at radius 2 is 2.50 bits per heavy atom. The van der Waals surface area contributed by atoms with Crippen LogP contribution in [0.25, 0.3) is 0 Å². The number of nitrogens with zero attached hydrogens (tertiary/aromatic N) is 1. The normalized spacial score (nSPS) is 10.2. The van der Waals surface area contributed by atoms with Crippen LogP contribution in [-0.4, -0.2) is 18.0 Å². The van der Waals surface area contributed by atoms with Gasteiger partial charge in [0.2, 0.25) is 0 Å². The molecule has 0 amide bonds. The molecule has 0 saturated heterocycles. The molecule has 0 bridgehead atoms. The second-order valence-electron chi connectivity index (χ2n) is 0.875. The maximum Gasteiger partial charge on any atom is 0.0448 e. The molecule has 3 heteroatoms. The lowest BCUT2D eigenvalue weighted by Gasteiger charge is -1.75. The van der Waals surface area contributed by atoms with Crippen molar-refractivity contribution in [3.63, 3.8) is 0 Å². The topological polar surface area (TPSA) is 58.6 Å². The molecule has 0 atom stereocenters. The van der Waals surface area contributed by atoms with Crippen LogP contribution in [0.5, 0.6) is 0 Å². The van der Waals surface area contributed by atoms with Crippen LogP contribution in [0.4, 0.5) is 0 Å². The second kappa shape index (κ2) is 4.43. The molecule has 0 aromatic heterocycles. The second-order valence-corrected chi connectivity index (χ2v) is 0.875. The van der Waals surface area contributed by atoms with Gasteiger partial charge >= 0.3 is 0 Å². The molecule has 0 aliphatic rings. The van der Waals surface area contributed by atoms with Crippen LogP contribution in [0.3, 0.4) is 0 Å². The highest BCUT2D eigenvalue weighted by atomic mass is 16.4. The highest BCUT2D eigenvalue weighted by Gasteiger charge is 1.67. The minimum absolute atomic E-state index is 0.546. The zero-order chi connectivity index (χ0) is 4.83. The molecule has 36 valence electrons. The van der Waals surface area contributed by atoms with Gasteiger partial charge in [0.1, 0.15) is 0 Å². The van der Waals surface area contributed by atoms with Gasteiger partial charge in [0, 0.05) is 6.21 Å². The van der Waals surface area contributed by atoms with E-state index in [1.54, 1.807) is 0 Å². The van der Waals surface area contributed by atoms with Crippen LogP contribution in [0.1, 0.15) is 6.42 Å². The summed E-state index contributed by atoms with van der Waals surface area (Å²) in [4.78, 5) is 0. The fraction of sp³-hybridized carbons (Fsp3) is 0.667. The van der Waals surface area contributed by atoms with Crippen molar-refractivity contribution < 1.29 is 5.21 Å². The largest absolute Gasteiger partial charge is 0.411 e. The van der Waals surface area contributed by atoms with E-state index in [4.69, 9.17) is 10.9 Å². The number of hydrogen-bond acceptors (Lipinski definition) is 3. The van der Waals surface area contributed by atoms with E-state index in [0.29, 0.717) is 13.0 Å². The first-order valence-corrected chi connectivity index (χ1v) is 1.77. The molecule has 0 aliphatic carbocycles. The Labute approximate surface area is 36.5 Å². The third-order valence-electron chi connectivity index (χ3n) is 0.377. The van der Waals surface area contributed by atoms with E-state index in [1.807, 2.05) is 0 Å². The van der Waals surface area contributed by atoms with E-state index in [0.717, 1.165) is 0 Å². The number of oxime groups is 1. The number of hydrogen-bond donors (Lipinski definition) is 2. The van der Waals surface area contributed by atoms with Gasteiger partial charge in [-0.2, -0.15) is 0 Å². The monoisotopic (exact) mass is 88.1 g/mol. The van der Waals surface area contributed by atoms with Crippen LogP contribution < -0.4 is 5.73 Å². The quantitative estimate of drug-likeness (QED) is 0.279. The van der Waals surface area contributed by atoms with E-state index in [9.17, 15) is 0 Å². The fourth-order valence-corrected chi connectivity index (χ4v) is 0.132. The zero-order valence-electron chi connectivity index (χ0n) is 3.46. The molecule has 0 aromatic rings. The Hall–Kier alpha value is -0.570. The fourth-order valence-electron chi connectivity index (χ4n) is 0.132. The molecule has 0 aromatic carbocycles. The van der Waals surface area contributed by atoms with Gasteiger partial charge in [-0.1, -0.05) is 0 Å². The Morgan fingerprint density at radius 1 is 1.83 bits per heavy atom. The van der Waals surface area contributed by atoms with E-state index < -0.39 is 0 Å². The van der Waals surface area contributed by atoms with Crippen LogP contribution in [0.2, 0.25) is 0 Å². The molecule has 0 radical (unpaired) electrons. The first-order chi connectivity index (χ1) is 2.91. The summed E-state index contributed by atoms with van der Waals surface area (Å²) in [6, 6.07) is 0. The van der Waals surface area contributed by atoms with Crippen molar-refractivity contribution in [1.82, 2.24) is 0 Å². The number of nitrogens with two attached hydrogens (primary N) is 1. The Balaban J connectivity index is 2.66. The molecule has 3 N–H and O–H groups in total. The van der Waals surface area contributed by atoms with Gasteiger partial charge in [0.15, 0.2) is 0 Å². The van der Waals surface area contributed by atoms with Gasteiger partial charge in [-0.05, 0) is 13.0 Å². The van der Waals surface area contributed by atoms with E-state index in [1.165, 1.54) is 6.21 Å². The van der Waals surface area contributed by atoms with Crippen LogP contribution in [-0.2, 0) is 0 Å². The summed E-state index contributed by atoms with van der Waals surface area (Å²) in [7, 11) is 0. The number of rotatable bonds is 2. The molecule has 0 aliphatic heterocycles. The predicted octanol–water partition coefficient (Wildman–Crippen LogP) is -0.205. The van der Waals surface area contributed by atoms with Crippen LogP contribution in [0.15, 0.2) is 5.16 Å². The maximum absolute atomic E-state index is 7.71. The van der Waals surface area contributed by atoms with Gasteiger partial charge in [-0.3, -0.25) is 0 Å². The Morgan fingerprint density at radius 3 is 2.67 bits per heavy atom. The maximum atomic E-state index is 7.71. The first kappa shape index (κ1) is 5.43.